The smallest absolute Gasteiger partial charge is 0.318 e. The van der Waals surface area contributed by atoms with Crippen LogP contribution >= 0.6 is 0 Å². The van der Waals surface area contributed by atoms with E-state index in [1.807, 2.05) is 49.4 Å². The second-order valence-corrected chi connectivity index (χ2v) is 6.92. The Morgan fingerprint density at radius 3 is 2.45 bits per heavy atom. The summed E-state index contributed by atoms with van der Waals surface area (Å²) in [7, 11) is 3.22. The highest BCUT2D eigenvalue weighted by Gasteiger charge is 2.12. The number of methoxy groups -OCH3 is 2. The molecule has 0 saturated heterocycles. The van der Waals surface area contributed by atoms with Gasteiger partial charge in [-0.3, -0.25) is 0 Å². The van der Waals surface area contributed by atoms with Crippen LogP contribution in [0.15, 0.2) is 59.1 Å². The molecule has 0 radical (unpaired) electrons. The summed E-state index contributed by atoms with van der Waals surface area (Å²) in [5.74, 6) is 2.18. The molecule has 31 heavy (non-hydrogen) atoms. The van der Waals surface area contributed by atoms with E-state index in [0.717, 1.165) is 41.2 Å². The standard InChI is InChI=1S/C23H23N5O3/c1-15-22(31-28-27-15)18-6-4-5-17(13-18)20-14-21(26-23(25-20)30-3)24-12-11-16-7-9-19(29-2)10-8-16/h4-10,13-14H,11-12H2,1-3H3,(H,24,25,26). The quantitative estimate of drug-likeness (QED) is 0.456. The maximum atomic E-state index is 5.31. The third-order valence-corrected chi connectivity index (χ3v) is 4.84. The Morgan fingerprint density at radius 2 is 1.74 bits per heavy atom. The van der Waals surface area contributed by atoms with Crippen molar-refractivity contribution >= 4 is 5.82 Å². The van der Waals surface area contributed by atoms with Crippen molar-refractivity contribution in [1.82, 2.24) is 20.3 Å². The van der Waals surface area contributed by atoms with E-state index in [0.29, 0.717) is 17.6 Å². The number of ether oxygens (including phenoxy) is 2. The van der Waals surface area contributed by atoms with Crippen molar-refractivity contribution in [2.75, 3.05) is 26.1 Å². The number of nitrogens with one attached hydrogen (secondary N) is 1. The Kier molecular flexibility index (Phi) is 6.07. The van der Waals surface area contributed by atoms with Crippen LogP contribution in [-0.2, 0) is 6.42 Å². The zero-order valence-corrected chi connectivity index (χ0v) is 17.6. The first-order valence-corrected chi connectivity index (χ1v) is 9.86. The molecule has 4 rings (SSSR count). The highest BCUT2D eigenvalue weighted by molar-refractivity contribution is 5.70. The van der Waals surface area contributed by atoms with Crippen LogP contribution < -0.4 is 14.8 Å². The molecule has 8 nitrogen and oxygen atoms in total. The van der Waals surface area contributed by atoms with Gasteiger partial charge in [-0.1, -0.05) is 30.3 Å². The number of rotatable bonds is 8. The lowest BCUT2D eigenvalue weighted by Crippen LogP contribution is -2.08. The van der Waals surface area contributed by atoms with Gasteiger partial charge in [-0.2, -0.15) is 9.97 Å². The molecule has 0 unspecified atom stereocenters. The molecule has 0 atom stereocenters. The molecule has 4 aromatic rings. The van der Waals surface area contributed by atoms with Gasteiger partial charge in [0.2, 0.25) is 0 Å². The van der Waals surface area contributed by atoms with Crippen molar-refractivity contribution in [2.45, 2.75) is 13.3 Å². The Bertz CT molecular complexity index is 1160. The normalized spacial score (nSPS) is 10.7. The summed E-state index contributed by atoms with van der Waals surface area (Å²) >= 11 is 0. The summed E-state index contributed by atoms with van der Waals surface area (Å²) in [6, 6.07) is 18.1. The van der Waals surface area contributed by atoms with Crippen LogP contribution in [0.2, 0.25) is 0 Å². The van der Waals surface area contributed by atoms with Gasteiger partial charge in [-0.15, -0.1) is 5.10 Å². The summed E-state index contributed by atoms with van der Waals surface area (Å²) in [4.78, 5) is 8.92. The second-order valence-electron chi connectivity index (χ2n) is 6.92. The van der Waals surface area contributed by atoms with Crippen molar-refractivity contribution in [3.63, 3.8) is 0 Å². The highest BCUT2D eigenvalue weighted by Crippen LogP contribution is 2.28. The van der Waals surface area contributed by atoms with Crippen LogP contribution in [0.3, 0.4) is 0 Å². The summed E-state index contributed by atoms with van der Waals surface area (Å²) < 4.78 is 15.8. The molecule has 0 aliphatic rings. The first-order chi connectivity index (χ1) is 15.2. The molecule has 1 N–H and O–H groups in total. The minimum Gasteiger partial charge on any atom is -0.497 e. The van der Waals surface area contributed by atoms with Gasteiger partial charge in [0.15, 0.2) is 5.76 Å². The van der Waals surface area contributed by atoms with Crippen molar-refractivity contribution in [3.8, 4) is 34.3 Å². The van der Waals surface area contributed by atoms with Gasteiger partial charge in [-0.05, 0) is 37.1 Å². The van der Waals surface area contributed by atoms with Crippen LogP contribution in [0.4, 0.5) is 5.82 Å². The fourth-order valence-electron chi connectivity index (χ4n) is 3.20. The summed E-state index contributed by atoms with van der Waals surface area (Å²) in [6.07, 6.45) is 0.846. The number of aromatic nitrogens is 4. The molecule has 2 aromatic heterocycles. The topological polar surface area (TPSA) is 95.2 Å². The zero-order chi connectivity index (χ0) is 21.6. The van der Waals surface area contributed by atoms with E-state index in [-0.39, 0.29) is 0 Å². The lowest BCUT2D eigenvalue weighted by Gasteiger charge is -2.10. The molecule has 158 valence electrons. The molecule has 0 aliphatic carbocycles. The van der Waals surface area contributed by atoms with E-state index >= 15 is 0 Å². The molecule has 0 bridgehead atoms. The lowest BCUT2D eigenvalue weighted by molar-refractivity contribution is 0.381. The van der Waals surface area contributed by atoms with Crippen molar-refractivity contribution in [2.24, 2.45) is 0 Å². The Morgan fingerprint density at radius 1 is 0.935 bits per heavy atom. The summed E-state index contributed by atoms with van der Waals surface area (Å²) in [5.41, 5.74) is 4.47. The number of aryl methyl sites for hydroxylation is 1. The van der Waals surface area contributed by atoms with Gasteiger partial charge in [0, 0.05) is 29.0 Å². The third kappa shape index (κ3) is 4.80. The predicted octanol–water partition coefficient (Wildman–Crippen LogP) is 4.17. The van der Waals surface area contributed by atoms with Gasteiger partial charge in [0.25, 0.3) is 0 Å². The van der Waals surface area contributed by atoms with Gasteiger partial charge < -0.3 is 19.3 Å². The number of nitrogens with zero attached hydrogens (tertiary/aromatic N) is 4. The predicted molar refractivity (Wildman–Crippen MR) is 117 cm³/mol. The number of anilines is 1. The maximum Gasteiger partial charge on any atom is 0.318 e. The van der Waals surface area contributed by atoms with Crippen molar-refractivity contribution < 1.29 is 14.0 Å². The molecular formula is C23H23N5O3. The van der Waals surface area contributed by atoms with E-state index in [1.165, 1.54) is 5.56 Å². The molecule has 0 fully saturated rings. The van der Waals surface area contributed by atoms with Gasteiger partial charge >= 0.3 is 6.01 Å². The highest BCUT2D eigenvalue weighted by atomic mass is 16.5. The Balaban J connectivity index is 1.53. The van der Waals surface area contributed by atoms with E-state index in [9.17, 15) is 0 Å². The number of hydrogen-bond donors (Lipinski definition) is 1. The summed E-state index contributed by atoms with van der Waals surface area (Å²) in [5, 5.41) is 10.9. The van der Waals surface area contributed by atoms with Gasteiger partial charge in [0.05, 0.1) is 19.9 Å². The largest absolute Gasteiger partial charge is 0.497 e. The average Bonchev–Trinajstić information content (AvgIpc) is 3.25. The second kappa shape index (κ2) is 9.25. The van der Waals surface area contributed by atoms with Crippen LogP contribution in [0.1, 0.15) is 11.3 Å². The minimum atomic E-state index is 0.298. The van der Waals surface area contributed by atoms with E-state index in [2.05, 4.69) is 37.8 Å². The molecular weight excluding hydrogens is 394 g/mol. The summed E-state index contributed by atoms with van der Waals surface area (Å²) in [6.45, 7) is 2.58. The van der Waals surface area contributed by atoms with Crippen LogP contribution in [0.25, 0.3) is 22.6 Å². The first kappa shape index (κ1) is 20.3. The molecule has 2 heterocycles. The third-order valence-electron chi connectivity index (χ3n) is 4.84. The number of benzene rings is 2. The van der Waals surface area contributed by atoms with Gasteiger partial charge in [0.1, 0.15) is 17.3 Å². The van der Waals surface area contributed by atoms with E-state index in [1.54, 1.807) is 14.2 Å². The zero-order valence-electron chi connectivity index (χ0n) is 17.6. The fourth-order valence-corrected chi connectivity index (χ4v) is 3.20. The van der Waals surface area contributed by atoms with Crippen LogP contribution in [-0.4, -0.2) is 41.1 Å². The monoisotopic (exact) mass is 417 g/mol. The molecule has 2 aromatic carbocycles. The molecule has 8 heteroatoms. The fraction of sp³-hybridized carbons (Fsp3) is 0.217. The first-order valence-electron chi connectivity index (χ1n) is 9.86. The molecule has 0 amide bonds. The minimum absolute atomic E-state index is 0.298. The Labute approximate surface area is 180 Å². The lowest BCUT2D eigenvalue weighted by atomic mass is 10.1. The number of hydrogen-bond acceptors (Lipinski definition) is 8. The van der Waals surface area contributed by atoms with Crippen LogP contribution in [0, 0.1) is 6.92 Å². The Hall–Kier alpha value is -3.94. The molecule has 0 aliphatic heterocycles. The SMILES string of the molecule is COc1ccc(CCNc2cc(-c3cccc(-c4onnc4C)c3)nc(OC)n2)cc1. The maximum absolute atomic E-state index is 5.31. The van der Waals surface area contributed by atoms with Crippen molar-refractivity contribution in [1.29, 1.82) is 0 Å². The van der Waals surface area contributed by atoms with Gasteiger partial charge in [-0.25, -0.2) is 0 Å². The molecule has 0 spiro atoms. The van der Waals surface area contributed by atoms with E-state index in [4.69, 9.17) is 14.0 Å². The average molecular weight is 417 g/mol. The van der Waals surface area contributed by atoms with E-state index < -0.39 is 0 Å². The van der Waals surface area contributed by atoms with Crippen molar-refractivity contribution in [3.05, 3.63) is 65.9 Å². The van der Waals surface area contributed by atoms with Crippen LogP contribution in [0.5, 0.6) is 11.8 Å². The molecule has 0 saturated carbocycles.